The number of ether oxygens (including phenoxy) is 1. The van der Waals surface area contributed by atoms with Crippen LogP contribution in [-0.4, -0.2) is 23.3 Å². The number of allylic oxidation sites excluding steroid dienone is 1. The van der Waals surface area contributed by atoms with Crippen molar-refractivity contribution in [1.29, 1.82) is 0 Å². The lowest BCUT2D eigenvalue weighted by atomic mass is 9.83. The fourth-order valence-corrected chi connectivity index (χ4v) is 2.81. The Morgan fingerprint density at radius 3 is 2.83 bits per heavy atom. The molecule has 0 radical (unpaired) electrons. The van der Waals surface area contributed by atoms with E-state index in [1.807, 2.05) is 13.8 Å². The molecular formula is C15H22O3. The molecule has 0 saturated carbocycles. The Labute approximate surface area is 109 Å². The maximum atomic E-state index is 11.7. The van der Waals surface area contributed by atoms with Crippen molar-refractivity contribution in [3.05, 3.63) is 23.8 Å². The predicted molar refractivity (Wildman–Crippen MR) is 69.9 cm³/mol. The zero-order chi connectivity index (χ0) is 13.3. The lowest BCUT2D eigenvalue weighted by Crippen LogP contribution is -2.21. The first-order chi connectivity index (χ1) is 8.49. The predicted octanol–water partition coefficient (Wildman–Crippen LogP) is 2.60. The molecule has 1 heterocycles. The summed E-state index contributed by atoms with van der Waals surface area (Å²) in [4.78, 5) is 11.7. The Morgan fingerprint density at radius 2 is 2.11 bits per heavy atom. The molecule has 2 aliphatic rings. The molecule has 4 unspecified atom stereocenters. The third-order valence-corrected chi connectivity index (χ3v) is 4.22. The summed E-state index contributed by atoms with van der Waals surface area (Å²) in [5, 5.41) is 9.95. The standard InChI is InChI=1S/C15H22O3/c1-9-4-7-13(16)10(2)5-6-12-11(3)15(17)18-14(12)8-9/h8,11-14,16H,2,4-7H2,1,3H3/b9-8+. The van der Waals surface area contributed by atoms with E-state index in [0.29, 0.717) is 6.42 Å². The molecule has 18 heavy (non-hydrogen) atoms. The Kier molecular flexibility index (Phi) is 3.91. The number of carbonyl (C=O) groups is 1. The maximum absolute atomic E-state index is 11.7. The van der Waals surface area contributed by atoms with Crippen molar-refractivity contribution in [2.24, 2.45) is 11.8 Å². The van der Waals surface area contributed by atoms with Gasteiger partial charge in [0.2, 0.25) is 0 Å². The van der Waals surface area contributed by atoms with Gasteiger partial charge in [-0.1, -0.05) is 19.1 Å². The van der Waals surface area contributed by atoms with Gasteiger partial charge in [-0.15, -0.1) is 0 Å². The fraction of sp³-hybridized carbons (Fsp3) is 0.667. The second-order valence-electron chi connectivity index (χ2n) is 5.62. The molecule has 1 aliphatic carbocycles. The van der Waals surface area contributed by atoms with E-state index in [1.54, 1.807) is 0 Å². The van der Waals surface area contributed by atoms with Crippen molar-refractivity contribution in [2.75, 3.05) is 0 Å². The van der Waals surface area contributed by atoms with Crippen molar-refractivity contribution in [1.82, 2.24) is 0 Å². The van der Waals surface area contributed by atoms with Gasteiger partial charge in [0.25, 0.3) is 0 Å². The normalized spacial score (nSPS) is 40.7. The molecule has 0 aromatic rings. The van der Waals surface area contributed by atoms with E-state index in [9.17, 15) is 9.90 Å². The van der Waals surface area contributed by atoms with Gasteiger partial charge in [0.05, 0.1) is 12.0 Å². The molecular weight excluding hydrogens is 228 g/mol. The largest absolute Gasteiger partial charge is 0.458 e. The molecule has 4 atom stereocenters. The first kappa shape index (κ1) is 13.3. The highest BCUT2D eigenvalue weighted by Gasteiger charge is 2.40. The molecule has 1 saturated heterocycles. The molecule has 1 aliphatic heterocycles. The van der Waals surface area contributed by atoms with Gasteiger partial charge in [-0.2, -0.15) is 0 Å². The van der Waals surface area contributed by atoms with E-state index in [0.717, 1.165) is 24.8 Å². The summed E-state index contributed by atoms with van der Waals surface area (Å²) in [6, 6.07) is 0. The second-order valence-corrected chi connectivity index (χ2v) is 5.62. The minimum Gasteiger partial charge on any atom is -0.458 e. The topological polar surface area (TPSA) is 46.5 Å². The molecule has 1 N–H and O–H groups in total. The van der Waals surface area contributed by atoms with Crippen LogP contribution in [0.25, 0.3) is 0 Å². The fourth-order valence-electron chi connectivity index (χ4n) is 2.81. The Bertz CT molecular complexity index is 383. The molecule has 0 aromatic carbocycles. The molecule has 1 fully saturated rings. The van der Waals surface area contributed by atoms with Crippen LogP contribution in [-0.2, 0) is 9.53 Å². The van der Waals surface area contributed by atoms with Gasteiger partial charge < -0.3 is 9.84 Å². The third-order valence-electron chi connectivity index (χ3n) is 4.22. The average molecular weight is 250 g/mol. The van der Waals surface area contributed by atoms with Crippen molar-refractivity contribution in [3.8, 4) is 0 Å². The van der Waals surface area contributed by atoms with Crippen LogP contribution in [0.4, 0.5) is 0 Å². The number of hydrogen-bond donors (Lipinski definition) is 1. The zero-order valence-electron chi connectivity index (χ0n) is 11.2. The van der Waals surface area contributed by atoms with Crippen molar-refractivity contribution < 1.29 is 14.6 Å². The summed E-state index contributed by atoms with van der Waals surface area (Å²) in [5.74, 6) is 0.0670. The summed E-state index contributed by atoms with van der Waals surface area (Å²) in [6.45, 7) is 7.92. The van der Waals surface area contributed by atoms with E-state index in [4.69, 9.17) is 4.74 Å². The summed E-state index contributed by atoms with van der Waals surface area (Å²) < 4.78 is 5.43. The Morgan fingerprint density at radius 1 is 1.39 bits per heavy atom. The lowest BCUT2D eigenvalue weighted by molar-refractivity contribution is -0.142. The number of aliphatic hydroxyl groups excluding tert-OH is 1. The van der Waals surface area contributed by atoms with Crippen molar-refractivity contribution in [2.45, 2.75) is 51.7 Å². The van der Waals surface area contributed by atoms with Gasteiger partial charge >= 0.3 is 5.97 Å². The van der Waals surface area contributed by atoms with Crippen LogP contribution in [0.15, 0.2) is 23.8 Å². The Balaban J connectivity index is 2.21. The molecule has 3 nitrogen and oxygen atoms in total. The molecule has 3 heteroatoms. The summed E-state index contributed by atoms with van der Waals surface area (Å²) in [6.07, 6.45) is 4.73. The first-order valence-corrected chi connectivity index (χ1v) is 6.72. The number of rotatable bonds is 0. The SMILES string of the molecule is C=C1CCC2C(/C=C(\C)CCC1O)OC(=O)C2C. The monoisotopic (exact) mass is 250 g/mol. The minimum absolute atomic E-state index is 0.0524. The maximum Gasteiger partial charge on any atom is 0.309 e. The smallest absolute Gasteiger partial charge is 0.309 e. The van der Waals surface area contributed by atoms with E-state index >= 15 is 0 Å². The molecule has 100 valence electrons. The van der Waals surface area contributed by atoms with Gasteiger partial charge in [-0.3, -0.25) is 4.79 Å². The van der Waals surface area contributed by atoms with Crippen LogP contribution >= 0.6 is 0 Å². The highest BCUT2D eigenvalue weighted by molar-refractivity contribution is 5.75. The quantitative estimate of drug-likeness (QED) is 0.531. The van der Waals surface area contributed by atoms with Crippen LogP contribution in [0.1, 0.15) is 39.5 Å². The van der Waals surface area contributed by atoms with Crippen LogP contribution in [0.3, 0.4) is 0 Å². The number of carbonyl (C=O) groups excluding carboxylic acids is 1. The Hall–Kier alpha value is -1.09. The highest BCUT2D eigenvalue weighted by Crippen LogP contribution is 2.35. The summed E-state index contributed by atoms with van der Waals surface area (Å²) >= 11 is 0. The van der Waals surface area contributed by atoms with Gasteiger partial charge in [-0.25, -0.2) is 0 Å². The van der Waals surface area contributed by atoms with Gasteiger partial charge in [0.15, 0.2) is 0 Å². The van der Waals surface area contributed by atoms with Crippen LogP contribution in [0.5, 0.6) is 0 Å². The van der Waals surface area contributed by atoms with E-state index in [1.165, 1.54) is 5.57 Å². The first-order valence-electron chi connectivity index (χ1n) is 6.72. The number of fused-ring (bicyclic) bond motifs is 1. The van der Waals surface area contributed by atoms with E-state index < -0.39 is 6.10 Å². The molecule has 2 rings (SSSR count). The van der Waals surface area contributed by atoms with E-state index in [2.05, 4.69) is 12.7 Å². The van der Waals surface area contributed by atoms with Gasteiger partial charge in [0, 0.05) is 5.92 Å². The number of aliphatic hydroxyl groups is 1. The summed E-state index contributed by atoms with van der Waals surface area (Å²) in [5.41, 5.74) is 2.07. The average Bonchev–Trinajstić information content (AvgIpc) is 2.58. The lowest BCUT2D eigenvalue weighted by Gasteiger charge is -2.22. The molecule has 0 bridgehead atoms. The molecule has 0 spiro atoms. The van der Waals surface area contributed by atoms with Crippen molar-refractivity contribution >= 4 is 5.97 Å². The zero-order valence-corrected chi connectivity index (χ0v) is 11.2. The van der Waals surface area contributed by atoms with Crippen molar-refractivity contribution in [3.63, 3.8) is 0 Å². The van der Waals surface area contributed by atoms with Gasteiger partial charge in [0.1, 0.15) is 6.10 Å². The van der Waals surface area contributed by atoms with Gasteiger partial charge in [-0.05, 0) is 44.3 Å². The number of esters is 1. The van der Waals surface area contributed by atoms with Crippen LogP contribution in [0, 0.1) is 11.8 Å². The van der Waals surface area contributed by atoms with E-state index in [-0.39, 0.29) is 23.9 Å². The second kappa shape index (κ2) is 5.27. The number of hydrogen-bond acceptors (Lipinski definition) is 3. The summed E-state index contributed by atoms with van der Waals surface area (Å²) in [7, 11) is 0. The molecule has 0 aromatic heterocycles. The van der Waals surface area contributed by atoms with Crippen LogP contribution in [0.2, 0.25) is 0 Å². The molecule has 0 amide bonds. The van der Waals surface area contributed by atoms with Crippen LogP contribution < -0.4 is 0 Å². The minimum atomic E-state index is -0.418. The highest BCUT2D eigenvalue weighted by atomic mass is 16.6. The third kappa shape index (κ3) is 2.66.